The summed E-state index contributed by atoms with van der Waals surface area (Å²) in [6, 6.07) is 4.65. The summed E-state index contributed by atoms with van der Waals surface area (Å²) in [6.45, 7) is 0. The van der Waals surface area contributed by atoms with Crippen molar-refractivity contribution in [2.24, 2.45) is 0 Å². The maximum absolute atomic E-state index is 13.0. The molecule has 106 valence electrons. The molecule has 2 rings (SSSR count). The number of aromatic nitrogens is 1. The lowest BCUT2D eigenvalue weighted by Gasteiger charge is -2.14. The van der Waals surface area contributed by atoms with E-state index in [9.17, 15) is 18.0 Å². The number of aromatic amines is 1. The van der Waals surface area contributed by atoms with Crippen LogP contribution in [0.1, 0.15) is 5.69 Å². The number of pyridine rings is 1. The molecule has 20 heavy (non-hydrogen) atoms. The van der Waals surface area contributed by atoms with E-state index in [2.05, 4.69) is 0 Å². The fourth-order valence-electron chi connectivity index (χ4n) is 1.66. The highest BCUT2D eigenvalue weighted by Crippen LogP contribution is 2.41. The summed E-state index contributed by atoms with van der Waals surface area (Å²) in [5, 5.41) is -0.0414. The predicted octanol–water partition coefficient (Wildman–Crippen LogP) is 5.02. The van der Waals surface area contributed by atoms with Crippen molar-refractivity contribution < 1.29 is 13.2 Å². The van der Waals surface area contributed by atoms with Crippen LogP contribution in [0.25, 0.3) is 11.1 Å². The summed E-state index contributed by atoms with van der Waals surface area (Å²) in [6.07, 6.45) is -4.73. The number of halogens is 6. The molecule has 0 radical (unpaired) electrons. The van der Waals surface area contributed by atoms with Gasteiger partial charge in [0.1, 0.15) is 5.69 Å². The first-order valence-electron chi connectivity index (χ1n) is 5.16. The Hall–Kier alpha value is -1.17. The monoisotopic (exact) mass is 341 g/mol. The highest BCUT2D eigenvalue weighted by molar-refractivity contribution is 6.49. The Morgan fingerprint density at radius 1 is 0.900 bits per heavy atom. The van der Waals surface area contributed by atoms with Crippen LogP contribution in [0.3, 0.4) is 0 Å². The minimum absolute atomic E-state index is 0.0321. The molecule has 0 bridgehead atoms. The van der Waals surface area contributed by atoms with Crippen LogP contribution < -0.4 is 5.56 Å². The largest absolute Gasteiger partial charge is 0.431 e. The van der Waals surface area contributed by atoms with Crippen molar-refractivity contribution in [1.82, 2.24) is 4.98 Å². The van der Waals surface area contributed by atoms with Gasteiger partial charge in [0.05, 0.1) is 15.1 Å². The SMILES string of the molecule is O=c1ccc(-c2ccc(Cl)c(Cl)c2Cl)c(C(F)(F)F)[nH]1. The molecule has 0 unspecified atom stereocenters. The Labute approximate surface area is 126 Å². The van der Waals surface area contributed by atoms with E-state index in [0.29, 0.717) is 0 Å². The lowest BCUT2D eigenvalue weighted by Crippen LogP contribution is -2.17. The van der Waals surface area contributed by atoms with Gasteiger partial charge in [-0.05, 0) is 12.1 Å². The third-order valence-electron chi connectivity index (χ3n) is 2.53. The molecule has 0 saturated carbocycles. The van der Waals surface area contributed by atoms with Gasteiger partial charge in [0.15, 0.2) is 0 Å². The van der Waals surface area contributed by atoms with Crippen LogP contribution in [0, 0.1) is 0 Å². The molecular formula is C12H5Cl3F3NO. The number of alkyl halides is 3. The van der Waals surface area contributed by atoms with Gasteiger partial charge in [-0.3, -0.25) is 4.79 Å². The highest BCUT2D eigenvalue weighted by Gasteiger charge is 2.35. The van der Waals surface area contributed by atoms with Crippen LogP contribution in [-0.4, -0.2) is 4.98 Å². The van der Waals surface area contributed by atoms with Crippen molar-refractivity contribution in [3.63, 3.8) is 0 Å². The van der Waals surface area contributed by atoms with Gasteiger partial charge in [0, 0.05) is 17.2 Å². The molecule has 0 aliphatic heterocycles. The molecule has 2 aromatic rings. The van der Waals surface area contributed by atoms with Gasteiger partial charge in [-0.25, -0.2) is 0 Å². The van der Waals surface area contributed by atoms with E-state index >= 15 is 0 Å². The summed E-state index contributed by atoms with van der Waals surface area (Å²) < 4.78 is 38.9. The number of hydrogen-bond donors (Lipinski definition) is 1. The summed E-state index contributed by atoms with van der Waals surface area (Å²) in [5.74, 6) is 0. The zero-order valence-electron chi connectivity index (χ0n) is 9.49. The Morgan fingerprint density at radius 2 is 1.50 bits per heavy atom. The molecule has 8 heteroatoms. The zero-order valence-corrected chi connectivity index (χ0v) is 11.8. The first-order chi connectivity index (χ1) is 9.21. The molecule has 0 fully saturated rings. The maximum atomic E-state index is 13.0. The van der Waals surface area contributed by atoms with Gasteiger partial charge in [-0.2, -0.15) is 13.2 Å². The molecular weight excluding hydrogens is 337 g/mol. The molecule has 0 spiro atoms. The Balaban J connectivity index is 2.77. The third kappa shape index (κ3) is 2.80. The topological polar surface area (TPSA) is 32.9 Å². The average molecular weight is 343 g/mol. The molecule has 0 aliphatic rings. The van der Waals surface area contributed by atoms with Crippen molar-refractivity contribution in [1.29, 1.82) is 0 Å². The van der Waals surface area contributed by atoms with Crippen molar-refractivity contribution in [3.05, 3.63) is 55.4 Å². The van der Waals surface area contributed by atoms with E-state index in [1.54, 1.807) is 4.98 Å². The van der Waals surface area contributed by atoms with E-state index in [1.165, 1.54) is 12.1 Å². The number of H-pyrrole nitrogens is 1. The van der Waals surface area contributed by atoms with Crippen LogP contribution in [0.15, 0.2) is 29.1 Å². The molecule has 0 amide bonds. The normalized spacial score (nSPS) is 11.7. The molecule has 0 atom stereocenters. The van der Waals surface area contributed by atoms with E-state index in [1.807, 2.05) is 0 Å². The standard InChI is InChI=1S/C12H5Cl3F3NO/c13-7-3-1-5(9(14)10(7)15)6-2-4-8(20)19-11(6)12(16,17)18/h1-4H,(H,19,20). The molecule has 2 nitrogen and oxygen atoms in total. The van der Waals surface area contributed by atoms with Crippen LogP contribution in [0.4, 0.5) is 13.2 Å². The quantitative estimate of drug-likeness (QED) is 0.725. The third-order valence-corrected chi connectivity index (χ3v) is 3.82. The lowest BCUT2D eigenvalue weighted by molar-refractivity contribution is -0.140. The molecule has 0 aliphatic carbocycles. The minimum atomic E-state index is -4.73. The molecule has 0 saturated heterocycles. The van der Waals surface area contributed by atoms with Crippen molar-refractivity contribution in [2.75, 3.05) is 0 Å². The maximum Gasteiger partial charge on any atom is 0.431 e. The van der Waals surface area contributed by atoms with Gasteiger partial charge < -0.3 is 4.98 Å². The second kappa shape index (κ2) is 5.31. The van der Waals surface area contributed by atoms with E-state index in [4.69, 9.17) is 34.8 Å². The van der Waals surface area contributed by atoms with Crippen LogP contribution in [0.5, 0.6) is 0 Å². The highest BCUT2D eigenvalue weighted by atomic mass is 35.5. The Kier molecular flexibility index (Phi) is 4.04. The number of hydrogen-bond acceptors (Lipinski definition) is 1. The predicted molar refractivity (Wildman–Crippen MR) is 72.5 cm³/mol. The fourth-order valence-corrected chi connectivity index (χ4v) is 2.29. The van der Waals surface area contributed by atoms with Crippen molar-refractivity contribution in [2.45, 2.75) is 6.18 Å². The number of benzene rings is 1. The smallest absolute Gasteiger partial charge is 0.318 e. The Morgan fingerprint density at radius 3 is 2.10 bits per heavy atom. The molecule has 1 aromatic heterocycles. The van der Waals surface area contributed by atoms with Gasteiger partial charge in [-0.15, -0.1) is 0 Å². The van der Waals surface area contributed by atoms with Crippen molar-refractivity contribution >= 4 is 34.8 Å². The second-order valence-electron chi connectivity index (χ2n) is 3.83. The summed E-state index contributed by atoms with van der Waals surface area (Å²) >= 11 is 17.5. The molecule has 1 N–H and O–H groups in total. The summed E-state index contributed by atoms with van der Waals surface area (Å²) in [5.41, 5.74) is -2.30. The second-order valence-corrected chi connectivity index (χ2v) is 5.00. The first kappa shape index (κ1) is 15.2. The van der Waals surface area contributed by atoms with Gasteiger partial charge in [-0.1, -0.05) is 40.9 Å². The molecule has 1 aromatic carbocycles. The number of rotatable bonds is 1. The van der Waals surface area contributed by atoms with Crippen LogP contribution in [-0.2, 0) is 6.18 Å². The van der Waals surface area contributed by atoms with Crippen LogP contribution >= 0.6 is 34.8 Å². The van der Waals surface area contributed by atoms with E-state index in [-0.39, 0.29) is 26.2 Å². The van der Waals surface area contributed by atoms with E-state index < -0.39 is 17.4 Å². The van der Waals surface area contributed by atoms with Crippen LogP contribution in [0.2, 0.25) is 15.1 Å². The zero-order chi connectivity index (χ0) is 15.1. The molecule has 1 heterocycles. The summed E-state index contributed by atoms with van der Waals surface area (Å²) in [7, 11) is 0. The van der Waals surface area contributed by atoms with Gasteiger partial charge in [0.2, 0.25) is 5.56 Å². The first-order valence-corrected chi connectivity index (χ1v) is 6.29. The minimum Gasteiger partial charge on any atom is -0.318 e. The fraction of sp³-hybridized carbons (Fsp3) is 0.0833. The summed E-state index contributed by atoms with van der Waals surface area (Å²) in [4.78, 5) is 12.9. The van der Waals surface area contributed by atoms with E-state index in [0.717, 1.165) is 12.1 Å². The van der Waals surface area contributed by atoms with Gasteiger partial charge >= 0.3 is 6.18 Å². The Bertz CT molecular complexity index is 725. The average Bonchev–Trinajstić information content (AvgIpc) is 2.36. The number of nitrogens with one attached hydrogen (secondary N) is 1. The van der Waals surface area contributed by atoms with Crippen molar-refractivity contribution in [3.8, 4) is 11.1 Å². The van der Waals surface area contributed by atoms with Gasteiger partial charge in [0.25, 0.3) is 0 Å². The lowest BCUT2D eigenvalue weighted by atomic mass is 10.0.